The van der Waals surface area contributed by atoms with Crippen LogP contribution >= 0.6 is 21.6 Å². The number of nitrogens with one attached hydrogen (secondary N) is 4. The number of hydrogen-bond acceptors (Lipinski definition) is 8. The zero-order valence-corrected chi connectivity index (χ0v) is 20.3. The number of esters is 1. The predicted molar refractivity (Wildman–Crippen MR) is 125 cm³/mol. The van der Waals surface area contributed by atoms with E-state index >= 15 is 0 Å². The standard InChI is InChI=1S/C21H30N4O6S2/c1-12(2)17-19(29)22-10-16(27)31-13-5-3-4-8-32-33-11-14(18(28)24-17)23-20(30)21(6-7-21)25-15(26)9-13/h3,5,12-14,17H,4,6-11H2,1-2H3,(H,22,29)(H,23,30)(H,24,28)(H,25,26)/t13-,14-,17-/m1/s1. The highest BCUT2D eigenvalue weighted by Gasteiger charge is 2.52. The van der Waals surface area contributed by atoms with E-state index in [-0.39, 0.29) is 18.9 Å². The summed E-state index contributed by atoms with van der Waals surface area (Å²) in [5, 5.41) is 10.7. The van der Waals surface area contributed by atoms with Gasteiger partial charge in [0.25, 0.3) is 0 Å². The molecule has 33 heavy (non-hydrogen) atoms. The maximum absolute atomic E-state index is 13.1. The number of carbonyl (C=O) groups excluding carboxylic acids is 5. The van der Waals surface area contributed by atoms with Crippen molar-refractivity contribution >= 4 is 51.2 Å². The lowest BCUT2D eigenvalue weighted by Gasteiger charge is -2.27. The summed E-state index contributed by atoms with van der Waals surface area (Å²) in [5.74, 6) is -1.80. The predicted octanol–water partition coefficient (Wildman–Crippen LogP) is 0.0338. The molecule has 182 valence electrons. The van der Waals surface area contributed by atoms with Crippen LogP contribution in [0.2, 0.25) is 0 Å². The van der Waals surface area contributed by atoms with Gasteiger partial charge in [-0.2, -0.15) is 0 Å². The molecule has 2 aliphatic heterocycles. The molecule has 1 spiro atoms. The lowest BCUT2D eigenvalue weighted by atomic mass is 10.0. The van der Waals surface area contributed by atoms with Gasteiger partial charge in [0.1, 0.15) is 30.3 Å². The second-order valence-electron chi connectivity index (χ2n) is 8.66. The molecule has 0 aromatic rings. The van der Waals surface area contributed by atoms with Gasteiger partial charge in [-0.3, -0.25) is 24.0 Å². The van der Waals surface area contributed by atoms with Crippen molar-refractivity contribution in [2.24, 2.45) is 5.92 Å². The first-order chi connectivity index (χ1) is 15.7. The van der Waals surface area contributed by atoms with Gasteiger partial charge in [-0.05, 0) is 31.3 Å². The molecule has 1 aliphatic carbocycles. The molecule has 1 saturated heterocycles. The maximum Gasteiger partial charge on any atom is 0.326 e. The van der Waals surface area contributed by atoms with Gasteiger partial charge in [0, 0.05) is 11.5 Å². The summed E-state index contributed by atoms with van der Waals surface area (Å²) in [6, 6.07) is -1.78. The van der Waals surface area contributed by atoms with E-state index in [1.165, 1.54) is 10.8 Å². The SMILES string of the molecule is CC(C)[C@H]1NC(=O)[C@H]2CSSCCC=C[C@H](CC(=O)NC3(CC3)C(=O)N2)OC(=O)CNC1=O. The van der Waals surface area contributed by atoms with Crippen molar-refractivity contribution in [1.82, 2.24) is 21.3 Å². The number of allylic oxidation sites excluding steroid dienone is 1. The average Bonchev–Trinajstić information content (AvgIpc) is 3.52. The van der Waals surface area contributed by atoms with Crippen LogP contribution in [0.25, 0.3) is 0 Å². The zero-order valence-electron chi connectivity index (χ0n) is 18.7. The summed E-state index contributed by atoms with van der Waals surface area (Å²) in [7, 11) is 2.99. The van der Waals surface area contributed by atoms with Crippen LogP contribution in [0.15, 0.2) is 12.2 Å². The lowest BCUT2D eigenvalue weighted by Crippen LogP contribution is -2.59. The number of rotatable bonds is 1. The number of amides is 4. The van der Waals surface area contributed by atoms with Crippen LogP contribution in [0.5, 0.6) is 0 Å². The molecular weight excluding hydrogens is 468 g/mol. The van der Waals surface area contributed by atoms with Gasteiger partial charge in [-0.1, -0.05) is 41.5 Å². The Morgan fingerprint density at radius 2 is 1.82 bits per heavy atom. The second kappa shape index (κ2) is 11.3. The van der Waals surface area contributed by atoms with Crippen LogP contribution in [-0.2, 0) is 28.7 Å². The molecule has 2 fully saturated rings. The van der Waals surface area contributed by atoms with Crippen molar-refractivity contribution < 1.29 is 28.7 Å². The Morgan fingerprint density at radius 1 is 1.06 bits per heavy atom. The largest absolute Gasteiger partial charge is 0.456 e. The fourth-order valence-electron chi connectivity index (χ4n) is 3.47. The Balaban J connectivity index is 1.94. The summed E-state index contributed by atoms with van der Waals surface area (Å²) in [4.78, 5) is 63.8. The molecule has 1 saturated carbocycles. The van der Waals surface area contributed by atoms with E-state index in [0.29, 0.717) is 25.0 Å². The minimum atomic E-state index is -1.07. The molecule has 2 bridgehead atoms. The Kier molecular flexibility index (Phi) is 8.69. The van der Waals surface area contributed by atoms with E-state index in [4.69, 9.17) is 4.74 Å². The average molecular weight is 499 g/mol. The third-order valence-corrected chi connectivity index (χ3v) is 7.99. The molecule has 0 radical (unpaired) electrons. The Bertz CT molecular complexity index is 830. The molecular formula is C21H30N4O6S2. The minimum absolute atomic E-state index is 0.147. The van der Waals surface area contributed by atoms with Gasteiger partial charge in [0.05, 0.1) is 6.42 Å². The first-order valence-corrected chi connectivity index (χ1v) is 13.5. The van der Waals surface area contributed by atoms with E-state index in [0.717, 1.165) is 5.75 Å². The molecule has 12 heteroatoms. The van der Waals surface area contributed by atoms with Crippen LogP contribution < -0.4 is 21.3 Å². The summed E-state index contributed by atoms with van der Waals surface area (Å²) in [6.45, 7) is 3.16. The van der Waals surface area contributed by atoms with Crippen molar-refractivity contribution in [3.05, 3.63) is 12.2 Å². The maximum atomic E-state index is 13.1. The molecule has 3 atom stereocenters. The molecule has 3 rings (SSSR count). The zero-order chi connectivity index (χ0) is 24.0. The van der Waals surface area contributed by atoms with Crippen molar-refractivity contribution in [3.8, 4) is 0 Å². The van der Waals surface area contributed by atoms with E-state index in [2.05, 4.69) is 21.3 Å². The monoisotopic (exact) mass is 498 g/mol. The Labute approximate surface area is 200 Å². The van der Waals surface area contributed by atoms with Crippen LogP contribution in [-0.4, -0.2) is 71.4 Å². The van der Waals surface area contributed by atoms with E-state index in [1.54, 1.807) is 30.7 Å². The summed E-state index contributed by atoms with van der Waals surface area (Å²) >= 11 is 0. The highest BCUT2D eigenvalue weighted by molar-refractivity contribution is 8.76. The number of fused-ring (bicyclic) bond motifs is 5. The first-order valence-electron chi connectivity index (χ1n) is 11.0. The quantitative estimate of drug-likeness (QED) is 0.225. The van der Waals surface area contributed by atoms with Crippen molar-refractivity contribution in [2.45, 2.75) is 63.3 Å². The molecule has 4 amide bonds. The van der Waals surface area contributed by atoms with Crippen LogP contribution in [0.3, 0.4) is 0 Å². The van der Waals surface area contributed by atoms with Crippen LogP contribution in [0, 0.1) is 5.92 Å². The minimum Gasteiger partial charge on any atom is -0.456 e. The second-order valence-corrected chi connectivity index (χ2v) is 11.3. The third kappa shape index (κ3) is 7.13. The summed E-state index contributed by atoms with van der Waals surface area (Å²) in [5.41, 5.74) is -1.07. The Hall–Kier alpha value is -2.21. The summed E-state index contributed by atoms with van der Waals surface area (Å²) in [6.07, 6.45) is 4.11. The molecule has 0 unspecified atom stereocenters. The molecule has 3 aliphatic rings. The fourth-order valence-corrected chi connectivity index (χ4v) is 5.63. The molecule has 0 aromatic carbocycles. The molecule has 4 N–H and O–H groups in total. The van der Waals surface area contributed by atoms with E-state index in [1.807, 2.05) is 6.08 Å². The van der Waals surface area contributed by atoms with Gasteiger partial charge in [-0.25, -0.2) is 0 Å². The lowest BCUT2D eigenvalue weighted by molar-refractivity contribution is -0.148. The van der Waals surface area contributed by atoms with Gasteiger partial charge >= 0.3 is 5.97 Å². The fraction of sp³-hybridized carbons (Fsp3) is 0.667. The molecule has 10 nitrogen and oxygen atoms in total. The number of ether oxygens (including phenoxy) is 1. The highest BCUT2D eigenvalue weighted by atomic mass is 33.1. The summed E-state index contributed by atoms with van der Waals surface area (Å²) < 4.78 is 5.42. The van der Waals surface area contributed by atoms with E-state index < -0.39 is 53.3 Å². The van der Waals surface area contributed by atoms with E-state index in [9.17, 15) is 24.0 Å². The third-order valence-electron chi connectivity index (χ3n) is 5.55. The number of carbonyl (C=O) groups is 5. The Morgan fingerprint density at radius 3 is 2.52 bits per heavy atom. The topological polar surface area (TPSA) is 143 Å². The number of hydrogen-bond donors (Lipinski definition) is 4. The highest BCUT2D eigenvalue weighted by Crippen LogP contribution is 2.36. The van der Waals surface area contributed by atoms with Crippen molar-refractivity contribution in [1.29, 1.82) is 0 Å². The molecule has 2 heterocycles. The van der Waals surface area contributed by atoms with Crippen LogP contribution in [0.1, 0.15) is 39.5 Å². The van der Waals surface area contributed by atoms with Gasteiger partial charge < -0.3 is 26.0 Å². The normalized spacial score (nSPS) is 29.4. The van der Waals surface area contributed by atoms with Gasteiger partial charge in [0.15, 0.2) is 0 Å². The van der Waals surface area contributed by atoms with Crippen molar-refractivity contribution in [3.63, 3.8) is 0 Å². The van der Waals surface area contributed by atoms with Crippen LogP contribution in [0.4, 0.5) is 0 Å². The first kappa shape index (κ1) is 25.4. The smallest absolute Gasteiger partial charge is 0.326 e. The van der Waals surface area contributed by atoms with Gasteiger partial charge in [0.2, 0.25) is 23.6 Å². The van der Waals surface area contributed by atoms with Crippen molar-refractivity contribution in [2.75, 3.05) is 18.1 Å². The molecule has 0 aromatic heterocycles. The van der Waals surface area contributed by atoms with Gasteiger partial charge in [-0.15, -0.1) is 0 Å².